The molecule has 2 aromatic rings. The molecular formula is C23H21F3N4O. The van der Waals surface area contributed by atoms with Crippen LogP contribution in [0, 0.1) is 11.3 Å². The van der Waals surface area contributed by atoms with Crippen molar-refractivity contribution in [2.45, 2.75) is 42.8 Å². The van der Waals surface area contributed by atoms with Crippen LogP contribution in [0.4, 0.5) is 13.2 Å². The number of nitrogens with zero attached hydrogens (tertiary/aromatic N) is 3. The molecule has 1 fully saturated rings. The molecule has 0 saturated heterocycles. The van der Waals surface area contributed by atoms with Gasteiger partial charge in [-0.15, -0.1) is 0 Å². The second-order valence-electron chi connectivity index (χ2n) is 8.34. The van der Waals surface area contributed by atoms with Gasteiger partial charge in [-0.1, -0.05) is 36.4 Å². The first kappa shape index (κ1) is 20.9. The molecule has 0 spiro atoms. The third kappa shape index (κ3) is 3.34. The molecule has 2 atom stereocenters. The summed E-state index contributed by atoms with van der Waals surface area (Å²) in [6.07, 6.45) is -2.94. The van der Waals surface area contributed by atoms with E-state index in [4.69, 9.17) is 5.73 Å². The number of halogens is 3. The van der Waals surface area contributed by atoms with Crippen LogP contribution < -0.4 is 5.73 Å². The normalized spacial score (nSPS) is 25.0. The standard InChI is InChI=1S/C23H21F3N4O/c1-21(16-4-3-5-17(12-16)22(13-27)10-11-22)18(19(31)30(2)20(28)29-21)14-6-8-15(9-7-14)23(24,25)26/h3-9,12,18H,10-11H2,1-2H3,(H2,28,29)/t18-,21+/m0/s1. The van der Waals surface area contributed by atoms with Crippen LogP contribution in [0.5, 0.6) is 0 Å². The lowest BCUT2D eigenvalue weighted by Gasteiger charge is -2.41. The summed E-state index contributed by atoms with van der Waals surface area (Å²) >= 11 is 0. The first-order valence-electron chi connectivity index (χ1n) is 9.84. The summed E-state index contributed by atoms with van der Waals surface area (Å²) < 4.78 is 39.1. The maximum atomic E-state index is 13.2. The highest BCUT2D eigenvalue weighted by atomic mass is 19.4. The molecule has 5 nitrogen and oxygen atoms in total. The summed E-state index contributed by atoms with van der Waals surface area (Å²) in [6, 6.07) is 14.3. The second kappa shape index (κ2) is 6.84. The van der Waals surface area contributed by atoms with Crippen molar-refractivity contribution >= 4 is 11.9 Å². The van der Waals surface area contributed by atoms with Crippen molar-refractivity contribution in [2.24, 2.45) is 10.7 Å². The van der Waals surface area contributed by atoms with Gasteiger partial charge in [-0.3, -0.25) is 9.69 Å². The summed E-state index contributed by atoms with van der Waals surface area (Å²) in [4.78, 5) is 19.1. The number of guanidine groups is 1. The van der Waals surface area contributed by atoms with Crippen molar-refractivity contribution in [1.29, 1.82) is 5.26 Å². The zero-order valence-corrected chi connectivity index (χ0v) is 17.1. The number of hydrogen-bond donors (Lipinski definition) is 1. The fourth-order valence-electron chi connectivity index (χ4n) is 4.21. The summed E-state index contributed by atoms with van der Waals surface area (Å²) in [5.74, 6) is -1.20. The molecule has 1 aliphatic carbocycles. The Kier molecular flexibility index (Phi) is 4.61. The second-order valence-corrected chi connectivity index (χ2v) is 8.34. The van der Waals surface area contributed by atoms with E-state index in [2.05, 4.69) is 11.1 Å². The first-order chi connectivity index (χ1) is 14.5. The molecule has 2 aliphatic rings. The minimum absolute atomic E-state index is 0.0301. The maximum absolute atomic E-state index is 13.2. The van der Waals surface area contributed by atoms with Gasteiger partial charge in [-0.2, -0.15) is 18.4 Å². The Labute approximate surface area is 178 Å². The minimum atomic E-state index is -4.47. The molecule has 31 heavy (non-hydrogen) atoms. The van der Waals surface area contributed by atoms with Crippen molar-refractivity contribution < 1.29 is 18.0 Å². The molecule has 1 heterocycles. The van der Waals surface area contributed by atoms with E-state index >= 15 is 0 Å². The van der Waals surface area contributed by atoms with Gasteiger partial charge in [0.25, 0.3) is 0 Å². The lowest BCUT2D eigenvalue weighted by Crippen LogP contribution is -2.52. The van der Waals surface area contributed by atoms with Crippen LogP contribution in [0.25, 0.3) is 0 Å². The number of likely N-dealkylation sites (N-methyl/N-ethyl adjacent to an activating group) is 1. The molecular weight excluding hydrogens is 405 g/mol. The van der Waals surface area contributed by atoms with Crippen molar-refractivity contribution in [1.82, 2.24) is 4.90 Å². The van der Waals surface area contributed by atoms with E-state index in [1.54, 1.807) is 6.92 Å². The van der Waals surface area contributed by atoms with E-state index < -0.39 is 28.6 Å². The van der Waals surface area contributed by atoms with E-state index in [1.165, 1.54) is 24.1 Å². The van der Waals surface area contributed by atoms with Gasteiger partial charge in [0.1, 0.15) is 5.54 Å². The van der Waals surface area contributed by atoms with Gasteiger partial charge >= 0.3 is 6.18 Å². The Hall–Kier alpha value is -3.34. The van der Waals surface area contributed by atoms with Crippen LogP contribution in [0.2, 0.25) is 0 Å². The van der Waals surface area contributed by atoms with Crippen LogP contribution in [0.1, 0.15) is 47.9 Å². The molecule has 8 heteroatoms. The first-order valence-corrected chi connectivity index (χ1v) is 9.84. The Balaban J connectivity index is 1.85. The number of nitriles is 1. The van der Waals surface area contributed by atoms with Gasteiger partial charge in [0, 0.05) is 7.05 Å². The summed E-state index contributed by atoms with van der Waals surface area (Å²) in [6.45, 7) is 1.75. The number of rotatable bonds is 3. The van der Waals surface area contributed by atoms with Crippen LogP contribution in [-0.4, -0.2) is 23.8 Å². The zero-order valence-electron chi connectivity index (χ0n) is 17.1. The number of carbonyl (C=O) groups is 1. The third-order valence-corrected chi connectivity index (χ3v) is 6.37. The molecule has 2 N–H and O–H groups in total. The topological polar surface area (TPSA) is 82.5 Å². The Morgan fingerprint density at radius 2 is 1.77 bits per heavy atom. The van der Waals surface area contributed by atoms with Gasteiger partial charge in [-0.25, -0.2) is 4.99 Å². The number of amides is 1. The molecule has 1 aliphatic heterocycles. The molecule has 4 rings (SSSR count). The van der Waals surface area contributed by atoms with Crippen molar-refractivity contribution in [3.8, 4) is 6.07 Å². The van der Waals surface area contributed by atoms with E-state index in [-0.39, 0.29) is 11.9 Å². The molecule has 160 valence electrons. The molecule has 0 unspecified atom stereocenters. The number of hydrogen-bond acceptors (Lipinski definition) is 4. The Morgan fingerprint density at radius 1 is 1.16 bits per heavy atom. The Morgan fingerprint density at radius 3 is 2.32 bits per heavy atom. The van der Waals surface area contributed by atoms with Crippen LogP contribution in [0.15, 0.2) is 53.5 Å². The number of nitrogens with two attached hydrogens (primary N) is 1. The number of carbonyl (C=O) groups excluding carboxylic acids is 1. The number of benzene rings is 2. The highest BCUT2D eigenvalue weighted by Crippen LogP contribution is 2.50. The average Bonchev–Trinajstić information content (AvgIpc) is 3.53. The molecule has 2 aromatic carbocycles. The van der Waals surface area contributed by atoms with Crippen LogP contribution >= 0.6 is 0 Å². The van der Waals surface area contributed by atoms with Crippen LogP contribution in [0.3, 0.4) is 0 Å². The van der Waals surface area contributed by atoms with Crippen LogP contribution in [-0.2, 0) is 21.9 Å². The zero-order chi connectivity index (χ0) is 22.6. The van der Waals surface area contributed by atoms with E-state index in [0.717, 1.165) is 30.5 Å². The predicted molar refractivity (Wildman–Crippen MR) is 109 cm³/mol. The molecule has 1 saturated carbocycles. The lowest BCUT2D eigenvalue weighted by molar-refractivity contribution is -0.137. The van der Waals surface area contributed by atoms with Crippen molar-refractivity contribution in [3.63, 3.8) is 0 Å². The molecule has 1 amide bonds. The fraction of sp³-hybridized carbons (Fsp3) is 0.348. The van der Waals surface area contributed by atoms with Crippen molar-refractivity contribution in [2.75, 3.05) is 7.05 Å². The predicted octanol–water partition coefficient (Wildman–Crippen LogP) is 4.05. The number of aliphatic imine (C=N–C) groups is 1. The lowest BCUT2D eigenvalue weighted by atomic mass is 9.73. The van der Waals surface area contributed by atoms with E-state index in [0.29, 0.717) is 11.1 Å². The van der Waals surface area contributed by atoms with Gasteiger partial charge in [-0.05, 0) is 48.6 Å². The highest BCUT2D eigenvalue weighted by molar-refractivity contribution is 6.02. The molecule has 0 bridgehead atoms. The largest absolute Gasteiger partial charge is 0.416 e. The summed E-state index contributed by atoms with van der Waals surface area (Å²) in [5, 5.41) is 9.57. The van der Waals surface area contributed by atoms with Crippen molar-refractivity contribution in [3.05, 3.63) is 70.8 Å². The average molecular weight is 426 g/mol. The summed E-state index contributed by atoms with van der Waals surface area (Å²) in [5.41, 5.74) is 5.50. The SMILES string of the molecule is CN1C(=O)[C@H](c2ccc(C(F)(F)F)cc2)[C@@](C)(c2cccc(C3(C#N)CC3)c2)N=C1N. The highest BCUT2D eigenvalue weighted by Gasteiger charge is 2.49. The van der Waals surface area contributed by atoms with Gasteiger partial charge in [0.05, 0.1) is 23.0 Å². The smallest absolute Gasteiger partial charge is 0.369 e. The quantitative estimate of drug-likeness (QED) is 0.804. The molecule has 0 radical (unpaired) electrons. The van der Waals surface area contributed by atoms with Gasteiger partial charge in [0.15, 0.2) is 5.96 Å². The van der Waals surface area contributed by atoms with Gasteiger partial charge in [0.2, 0.25) is 5.91 Å². The van der Waals surface area contributed by atoms with E-state index in [9.17, 15) is 23.2 Å². The monoisotopic (exact) mass is 426 g/mol. The maximum Gasteiger partial charge on any atom is 0.416 e. The van der Waals surface area contributed by atoms with Gasteiger partial charge < -0.3 is 5.73 Å². The minimum Gasteiger partial charge on any atom is -0.369 e. The Bertz CT molecular complexity index is 1110. The third-order valence-electron chi connectivity index (χ3n) is 6.37. The molecule has 0 aromatic heterocycles. The fourth-order valence-corrected chi connectivity index (χ4v) is 4.21. The summed E-state index contributed by atoms with van der Waals surface area (Å²) in [7, 11) is 1.49. The number of alkyl halides is 3. The van der Waals surface area contributed by atoms with E-state index in [1.807, 2.05) is 24.3 Å².